The van der Waals surface area contributed by atoms with Gasteiger partial charge in [0.05, 0.1) is 0 Å². The summed E-state index contributed by atoms with van der Waals surface area (Å²) in [6.45, 7) is 14.5. The molecule has 0 aromatic heterocycles. The molecule has 0 aliphatic carbocycles. The minimum absolute atomic E-state index is 0.00525. The van der Waals surface area contributed by atoms with Crippen LogP contribution in [0.1, 0.15) is 59.6 Å². The highest BCUT2D eigenvalue weighted by Crippen LogP contribution is 2.32. The van der Waals surface area contributed by atoms with E-state index in [4.69, 9.17) is 4.74 Å². The summed E-state index contributed by atoms with van der Waals surface area (Å²) in [6.07, 6.45) is 1.00. The van der Waals surface area contributed by atoms with E-state index in [0.717, 1.165) is 12.2 Å². The van der Waals surface area contributed by atoms with Gasteiger partial charge in [0.25, 0.3) is 0 Å². The molecule has 2 heteroatoms. The largest absolute Gasteiger partial charge is 0.486 e. The average molecular weight is 276 g/mol. The number of rotatable bonds is 4. The van der Waals surface area contributed by atoms with Crippen molar-refractivity contribution in [3.8, 4) is 5.75 Å². The first-order valence-corrected chi connectivity index (χ1v) is 7.35. The second-order valence-electron chi connectivity index (χ2n) is 7.40. The molecule has 0 spiro atoms. The molecule has 2 nitrogen and oxygen atoms in total. The fourth-order valence-electron chi connectivity index (χ4n) is 1.87. The lowest BCUT2D eigenvalue weighted by atomic mass is 9.85. The lowest BCUT2D eigenvalue weighted by Crippen LogP contribution is -2.27. The van der Waals surface area contributed by atoms with E-state index < -0.39 is 0 Å². The zero-order valence-electron chi connectivity index (χ0n) is 14.0. The minimum atomic E-state index is -0.356. The summed E-state index contributed by atoms with van der Waals surface area (Å²) in [5.41, 5.74) is 2.11. The number of ketones is 1. The average Bonchev–Trinajstić information content (AvgIpc) is 2.33. The summed E-state index contributed by atoms with van der Waals surface area (Å²) in [6, 6.07) is 6.26. The quantitative estimate of drug-likeness (QED) is 0.807. The molecule has 0 saturated carbocycles. The first kappa shape index (κ1) is 16.7. The van der Waals surface area contributed by atoms with E-state index in [1.165, 1.54) is 11.1 Å². The maximum Gasteiger partial charge on any atom is 0.175 e. The summed E-state index contributed by atoms with van der Waals surface area (Å²) in [5.74, 6) is 0.948. The Hall–Kier alpha value is -1.31. The first-order chi connectivity index (χ1) is 9.05. The van der Waals surface area contributed by atoms with E-state index in [1.54, 1.807) is 0 Å². The second-order valence-corrected chi connectivity index (χ2v) is 7.40. The third-order valence-corrected chi connectivity index (χ3v) is 3.46. The Morgan fingerprint density at radius 3 is 2.15 bits per heavy atom. The molecule has 0 bridgehead atoms. The lowest BCUT2D eigenvalue weighted by Gasteiger charge is -2.24. The van der Waals surface area contributed by atoms with Gasteiger partial charge in [0.1, 0.15) is 12.4 Å². The number of carbonyl (C=O) groups excluding carboxylic acids is 1. The van der Waals surface area contributed by atoms with Gasteiger partial charge in [-0.25, -0.2) is 0 Å². The van der Waals surface area contributed by atoms with Crippen LogP contribution in [0.15, 0.2) is 18.2 Å². The maximum absolute atomic E-state index is 12.0. The van der Waals surface area contributed by atoms with Crippen molar-refractivity contribution in [3.05, 3.63) is 29.3 Å². The van der Waals surface area contributed by atoms with Crippen LogP contribution in [0, 0.1) is 5.41 Å². The van der Waals surface area contributed by atoms with Gasteiger partial charge in [-0.2, -0.15) is 0 Å². The van der Waals surface area contributed by atoms with Crippen LogP contribution in [0.25, 0.3) is 0 Å². The highest BCUT2D eigenvalue weighted by Gasteiger charge is 2.24. The fourth-order valence-corrected chi connectivity index (χ4v) is 1.87. The molecule has 0 aliphatic heterocycles. The molecule has 0 atom stereocenters. The standard InChI is InChI=1S/C18H28O2/c1-8-13-9-10-15(14(11-13)17(2,3)4)20-12-16(19)18(5,6)7/h9-11H,8,12H2,1-7H3. The van der Waals surface area contributed by atoms with Gasteiger partial charge in [-0.15, -0.1) is 0 Å². The van der Waals surface area contributed by atoms with Crippen molar-refractivity contribution in [2.24, 2.45) is 5.41 Å². The number of Topliss-reactive ketones (excluding diaryl/α,β-unsaturated/α-hetero) is 1. The van der Waals surface area contributed by atoms with Crippen LogP contribution in [-0.4, -0.2) is 12.4 Å². The van der Waals surface area contributed by atoms with Gasteiger partial charge in [-0.3, -0.25) is 4.79 Å². The Kier molecular flexibility index (Phi) is 5.01. The molecular weight excluding hydrogens is 248 g/mol. The molecule has 0 fully saturated rings. The number of carbonyl (C=O) groups is 1. The van der Waals surface area contributed by atoms with E-state index in [0.29, 0.717) is 0 Å². The third-order valence-electron chi connectivity index (χ3n) is 3.46. The summed E-state index contributed by atoms with van der Waals surface area (Å²) in [7, 11) is 0. The van der Waals surface area contributed by atoms with Gasteiger partial charge in [-0.1, -0.05) is 60.6 Å². The molecule has 112 valence electrons. The van der Waals surface area contributed by atoms with E-state index in [-0.39, 0.29) is 23.2 Å². The number of hydrogen-bond acceptors (Lipinski definition) is 2. The highest BCUT2D eigenvalue weighted by molar-refractivity contribution is 5.85. The third kappa shape index (κ3) is 4.36. The number of hydrogen-bond donors (Lipinski definition) is 0. The summed E-state index contributed by atoms with van der Waals surface area (Å²) in [5, 5.41) is 0. The van der Waals surface area contributed by atoms with Crippen LogP contribution in [0.2, 0.25) is 0 Å². The zero-order chi connectivity index (χ0) is 15.6. The molecule has 1 rings (SSSR count). The van der Waals surface area contributed by atoms with Crippen molar-refractivity contribution in [1.29, 1.82) is 0 Å². The van der Waals surface area contributed by atoms with E-state index in [1.807, 2.05) is 26.8 Å². The van der Waals surface area contributed by atoms with Crippen LogP contribution >= 0.6 is 0 Å². The molecule has 0 radical (unpaired) electrons. The maximum atomic E-state index is 12.0. The Morgan fingerprint density at radius 2 is 1.70 bits per heavy atom. The van der Waals surface area contributed by atoms with E-state index in [9.17, 15) is 4.79 Å². The summed E-state index contributed by atoms with van der Waals surface area (Å²) in [4.78, 5) is 12.0. The molecule has 0 N–H and O–H groups in total. The van der Waals surface area contributed by atoms with Gasteiger partial charge in [0, 0.05) is 5.41 Å². The SMILES string of the molecule is CCc1ccc(OCC(=O)C(C)(C)C)c(C(C)(C)C)c1. The topological polar surface area (TPSA) is 26.3 Å². The van der Waals surface area contributed by atoms with Crippen LogP contribution < -0.4 is 4.74 Å². The normalized spacial score (nSPS) is 12.3. The molecule has 0 unspecified atom stereocenters. The Labute approximate surface area is 123 Å². The van der Waals surface area contributed by atoms with E-state index >= 15 is 0 Å². The highest BCUT2D eigenvalue weighted by atomic mass is 16.5. The lowest BCUT2D eigenvalue weighted by molar-refractivity contribution is -0.128. The number of benzene rings is 1. The number of aryl methyl sites for hydroxylation is 1. The molecule has 1 aromatic rings. The molecule has 0 aliphatic rings. The van der Waals surface area contributed by atoms with Crippen LogP contribution in [-0.2, 0) is 16.6 Å². The van der Waals surface area contributed by atoms with Crippen LogP contribution in [0.4, 0.5) is 0 Å². The van der Waals surface area contributed by atoms with Crippen molar-refractivity contribution >= 4 is 5.78 Å². The fraction of sp³-hybridized carbons (Fsp3) is 0.611. The van der Waals surface area contributed by atoms with Crippen molar-refractivity contribution in [2.75, 3.05) is 6.61 Å². The van der Waals surface area contributed by atoms with Crippen molar-refractivity contribution < 1.29 is 9.53 Å². The molecular formula is C18H28O2. The van der Waals surface area contributed by atoms with Crippen molar-refractivity contribution in [3.63, 3.8) is 0 Å². The predicted molar refractivity (Wildman–Crippen MR) is 84.5 cm³/mol. The van der Waals surface area contributed by atoms with Gasteiger partial charge in [-0.05, 0) is 29.0 Å². The Bertz CT molecular complexity index is 473. The molecule has 20 heavy (non-hydrogen) atoms. The van der Waals surface area contributed by atoms with Gasteiger partial charge >= 0.3 is 0 Å². The van der Waals surface area contributed by atoms with Crippen LogP contribution in [0.3, 0.4) is 0 Å². The molecule has 0 heterocycles. The molecule has 0 saturated heterocycles. The monoisotopic (exact) mass is 276 g/mol. The summed E-state index contributed by atoms with van der Waals surface area (Å²) >= 11 is 0. The van der Waals surface area contributed by atoms with Gasteiger partial charge in [0.15, 0.2) is 5.78 Å². The molecule has 1 aromatic carbocycles. The Balaban J connectivity index is 2.98. The number of ether oxygens (including phenoxy) is 1. The van der Waals surface area contributed by atoms with Gasteiger partial charge < -0.3 is 4.74 Å². The zero-order valence-corrected chi connectivity index (χ0v) is 14.0. The first-order valence-electron chi connectivity index (χ1n) is 7.35. The second kappa shape index (κ2) is 5.99. The predicted octanol–water partition coefficient (Wildman–Crippen LogP) is 4.54. The van der Waals surface area contributed by atoms with Crippen LogP contribution in [0.5, 0.6) is 5.75 Å². The van der Waals surface area contributed by atoms with E-state index in [2.05, 4.69) is 39.8 Å². The summed E-state index contributed by atoms with van der Waals surface area (Å²) < 4.78 is 5.80. The van der Waals surface area contributed by atoms with Crippen molar-refractivity contribution in [2.45, 2.75) is 60.3 Å². The smallest absolute Gasteiger partial charge is 0.175 e. The minimum Gasteiger partial charge on any atom is -0.486 e. The van der Waals surface area contributed by atoms with Crippen molar-refractivity contribution in [1.82, 2.24) is 0 Å². The van der Waals surface area contributed by atoms with Gasteiger partial charge in [0.2, 0.25) is 0 Å². The Morgan fingerprint density at radius 1 is 1.10 bits per heavy atom. The molecule has 0 amide bonds.